The molecule has 0 atom stereocenters. The number of nitrogens with zero attached hydrogens (tertiary/aromatic N) is 1. The van der Waals surface area contributed by atoms with E-state index in [2.05, 4.69) is 10.3 Å². The molecule has 0 spiro atoms. The summed E-state index contributed by atoms with van der Waals surface area (Å²) < 4.78 is 0. The molecule has 0 fully saturated rings. The van der Waals surface area contributed by atoms with Gasteiger partial charge in [0.2, 0.25) is 0 Å². The lowest BCUT2D eigenvalue weighted by Crippen LogP contribution is -2.24. The van der Waals surface area contributed by atoms with Crippen molar-refractivity contribution in [2.24, 2.45) is 0 Å². The van der Waals surface area contributed by atoms with Crippen LogP contribution in [0.3, 0.4) is 0 Å². The summed E-state index contributed by atoms with van der Waals surface area (Å²) in [5.41, 5.74) is 4.51. The van der Waals surface area contributed by atoms with Crippen molar-refractivity contribution in [3.05, 3.63) is 89.7 Å². The van der Waals surface area contributed by atoms with Crippen LogP contribution in [0.5, 0.6) is 0 Å². The van der Waals surface area contributed by atoms with E-state index in [-0.39, 0.29) is 5.91 Å². The van der Waals surface area contributed by atoms with Gasteiger partial charge < -0.3 is 5.32 Å². The van der Waals surface area contributed by atoms with Crippen molar-refractivity contribution in [3.8, 4) is 11.1 Å². The predicted molar refractivity (Wildman–Crippen MR) is 92.0 cm³/mol. The standard InChI is InChI=1S/C20H18N2O/c1-15-8-7-12-18(16-9-3-2-4-10-16)19(15)20(23)22-14-17-11-5-6-13-21-17/h2-13H,14H2,1H3,(H,22,23). The molecular weight excluding hydrogens is 284 g/mol. The number of nitrogens with one attached hydrogen (secondary N) is 1. The first-order valence-electron chi connectivity index (χ1n) is 7.59. The molecule has 114 valence electrons. The van der Waals surface area contributed by atoms with Crippen LogP contribution in [0.15, 0.2) is 72.9 Å². The van der Waals surface area contributed by atoms with Crippen molar-refractivity contribution in [3.63, 3.8) is 0 Å². The average Bonchev–Trinajstić information content (AvgIpc) is 2.61. The highest BCUT2D eigenvalue weighted by atomic mass is 16.1. The third-order valence-corrected chi connectivity index (χ3v) is 3.74. The Kier molecular flexibility index (Phi) is 4.48. The second-order valence-electron chi connectivity index (χ2n) is 5.37. The van der Waals surface area contributed by atoms with Crippen LogP contribution in [0.4, 0.5) is 0 Å². The molecule has 2 aromatic carbocycles. The fourth-order valence-corrected chi connectivity index (χ4v) is 2.59. The molecule has 23 heavy (non-hydrogen) atoms. The third kappa shape index (κ3) is 3.46. The van der Waals surface area contributed by atoms with Gasteiger partial charge in [0.1, 0.15) is 0 Å². The molecule has 0 unspecified atom stereocenters. The SMILES string of the molecule is Cc1cccc(-c2ccccc2)c1C(=O)NCc1ccccn1. The smallest absolute Gasteiger partial charge is 0.252 e. The zero-order valence-electron chi connectivity index (χ0n) is 13.0. The molecule has 1 N–H and O–H groups in total. The number of hydrogen-bond donors (Lipinski definition) is 1. The lowest BCUT2D eigenvalue weighted by atomic mass is 9.95. The Morgan fingerprint density at radius 2 is 1.74 bits per heavy atom. The Morgan fingerprint density at radius 1 is 0.957 bits per heavy atom. The van der Waals surface area contributed by atoms with Crippen LogP contribution >= 0.6 is 0 Å². The van der Waals surface area contributed by atoms with Crippen LogP contribution in [0.2, 0.25) is 0 Å². The number of benzene rings is 2. The van der Waals surface area contributed by atoms with Gasteiger partial charge in [-0.1, -0.05) is 54.6 Å². The number of aryl methyl sites for hydroxylation is 1. The predicted octanol–water partition coefficient (Wildman–Crippen LogP) is 3.99. The summed E-state index contributed by atoms with van der Waals surface area (Å²) in [6, 6.07) is 21.6. The topological polar surface area (TPSA) is 42.0 Å². The van der Waals surface area contributed by atoms with E-state index in [1.54, 1.807) is 6.20 Å². The number of pyridine rings is 1. The molecule has 0 saturated heterocycles. The largest absolute Gasteiger partial charge is 0.346 e. The van der Waals surface area contributed by atoms with Gasteiger partial charge in [-0.15, -0.1) is 0 Å². The van der Waals surface area contributed by atoms with Gasteiger partial charge in [0.25, 0.3) is 5.91 Å². The van der Waals surface area contributed by atoms with Gasteiger partial charge in [-0.05, 0) is 35.7 Å². The first-order chi connectivity index (χ1) is 11.3. The minimum Gasteiger partial charge on any atom is -0.346 e. The van der Waals surface area contributed by atoms with Gasteiger partial charge in [0.05, 0.1) is 17.8 Å². The van der Waals surface area contributed by atoms with Crippen LogP contribution in [0.1, 0.15) is 21.6 Å². The summed E-state index contributed by atoms with van der Waals surface area (Å²) in [5, 5.41) is 2.96. The minimum absolute atomic E-state index is 0.0763. The summed E-state index contributed by atoms with van der Waals surface area (Å²) in [5.74, 6) is -0.0763. The van der Waals surface area contributed by atoms with E-state index in [1.807, 2.05) is 73.7 Å². The van der Waals surface area contributed by atoms with Gasteiger partial charge >= 0.3 is 0 Å². The fraction of sp³-hybridized carbons (Fsp3) is 0.100. The van der Waals surface area contributed by atoms with Crippen molar-refractivity contribution < 1.29 is 4.79 Å². The lowest BCUT2D eigenvalue weighted by Gasteiger charge is -2.13. The number of rotatable bonds is 4. The second kappa shape index (κ2) is 6.88. The zero-order chi connectivity index (χ0) is 16.1. The van der Waals surface area contributed by atoms with Crippen molar-refractivity contribution in [2.45, 2.75) is 13.5 Å². The molecule has 1 amide bonds. The molecule has 0 radical (unpaired) electrons. The molecule has 3 heteroatoms. The molecular formula is C20H18N2O. The van der Waals surface area contributed by atoms with Crippen LogP contribution in [0, 0.1) is 6.92 Å². The van der Waals surface area contributed by atoms with Crippen LogP contribution in [-0.4, -0.2) is 10.9 Å². The van der Waals surface area contributed by atoms with E-state index >= 15 is 0 Å². The van der Waals surface area contributed by atoms with Crippen molar-refractivity contribution in [2.75, 3.05) is 0 Å². The molecule has 1 aromatic heterocycles. The van der Waals surface area contributed by atoms with Crippen molar-refractivity contribution in [1.82, 2.24) is 10.3 Å². The molecule has 3 rings (SSSR count). The number of carbonyl (C=O) groups is 1. The first kappa shape index (κ1) is 15.0. The summed E-state index contributed by atoms with van der Waals surface area (Å²) in [7, 11) is 0. The number of amides is 1. The van der Waals surface area contributed by atoms with Crippen molar-refractivity contribution in [1.29, 1.82) is 0 Å². The summed E-state index contributed by atoms with van der Waals surface area (Å²) in [6.07, 6.45) is 1.73. The van der Waals surface area contributed by atoms with E-state index in [0.717, 1.165) is 27.9 Å². The molecule has 0 bridgehead atoms. The van der Waals surface area contributed by atoms with E-state index < -0.39 is 0 Å². The van der Waals surface area contributed by atoms with Crippen LogP contribution in [0.25, 0.3) is 11.1 Å². The minimum atomic E-state index is -0.0763. The molecule has 0 aliphatic rings. The molecule has 1 heterocycles. The number of carbonyl (C=O) groups excluding carboxylic acids is 1. The Bertz CT molecular complexity index is 798. The quantitative estimate of drug-likeness (QED) is 0.792. The highest BCUT2D eigenvalue weighted by molar-refractivity contribution is 6.02. The summed E-state index contributed by atoms with van der Waals surface area (Å²) >= 11 is 0. The first-order valence-corrected chi connectivity index (χ1v) is 7.59. The van der Waals surface area contributed by atoms with Gasteiger partial charge in [-0.25, -0.2) is 0 Å². The van der Waals surface area contributed by atoms with E-state index in [4.69, 9.17) is 0 Å². The maximum absolute atomic E-state index is 12.7. The molecule has 3 aromatic rings. The van der Waals surface area contributed by atoms with E-state index in [9.17, 15) is 4.79 Å². The molecule has 0 aliphatic heterocycles. The Morgan fingerprint density at radius 3 is 2.48 bits per heavy atom. The Labute approximate surface area is 136 Å². The molecule has 0 aliphatic carbocycles. The average molecular weight is 302 g/mol. The van der Waals surface area contributed by atoms with Crippen molar-refractivity contribution >= 4 is 5.91 Å². The number of hydrogen-bond acceptors (Lipinski definition) is 2. The summed E-state index contributed by atoms with van der Waals surface area (Å²) in [4.78, 5) is 16.9. The van der Waals surface area contributed by atoms with Gasteiger partial charge in [0.15, 0.2) is 0 Å². The lowest BCUT2D eigenvalue weighted by molar-refractivity contribution is 0.0950. The summed E-state index contributed by atoms with van der Waals surface area (Å²) in [6.45, 7) is 2.38. The molecule has 0 saturated carbocycles. The molecule has 3 nitrogen and oxygen atoms in total. The van der Waals surface area contributed by atoms with E-state index in [0.29, 0.717) is 6.54 Å². The fourth-order valence-electron chi connectivity index (χ4n) is 2.59. The Balaban J connectivity index is 1.88. The van der Waals surface area contributed by atoms with Gasteiger partial charge in [-0.3, -0.25) is 9.78 Å². The number of aromatic nitrogens is 1. The van der Waals surface area contributed by atoms with Crippen LogP contribution < -0.4 is 5.32 Å². The highest BCUT2D eigenvalue weighted by Crippen LogP contribution is 2.26. The maximum atomic E-state index is 12.7. The Hall–Kier alpha value is -2.94. The maximum Gasteiger partial charge on any atom is 0.252 e. The van der Waals surface area contributed by atoms with Gasteiger partial charge in [-0.2, -0.15) is 0 Å². The zero-order valence-corrected chi connectivity index (χ0v) is 13.0. The monoisotopic (exact) mass is 302 g/mol. The van der Waals surface area contributed by atoms with E-state index in [1.165, 1.54) is 0 Å². The normalized spacial score (nSPS) is 10.3. The van der Waals surface area contributed by atoms with Gasteiger partial charge in [0, 0.05) is 6.20 Å². The van der Waals surface area contributed by atoms with Crippen LogP contribution in [-0.2, 0) is 6.54 Å². The highest BCUT2D eigenvalue weighted by Gasteiger charge is 2.15. The third-order valence-electron chi connectivity index (χ3n) is 3.74. The second-order valence-corrected chi connectivity index (χ2v) is 5.37.